The first-order chi connectivity index (χ1) is 8.74. The van der Waals surface area contributed by atoms with Crippen molar-refractivity contribution in [2.45, 2.75) is 13.0 Å². The van der Waals surface area contributed by atoms with Crippen molar-refractivity contribution in [2.24, 2.45) is 0 Å². The van der Waals surface area contributed by atoms with Crippen molar-refractivity contribution >= 4 is 21.6 Å². The van der Waals surface area contributed by atoms with Gasteiger partial charge >= 0.3 is 0 Å². The summed E-state index contributed by atoms with van der Waals surface area (Å²) >= 11 is 3.42. The van der Waals surface area contributed by atoms with Crippen LogP contribution < -0.4 is 5.32 Å². The third-order valence-electron chi connectivity index (χ3n) is 2.43. The minimum atomic E-state index is 0.117. The van der Waals surface area contributed by atoms with Crippen LogP contribution in [0.2, 0.25) is 0 Å². The molecular weight excluding hydrogens is 286 g/mol. The molecule has 1 nitrogen and oxygen atoms in total. The second-order valence-electron chi connectivity index (χ2n) is 4.01. The van der Waals surface area contributed by atoms with E-state index in [9.17, 15) is 0 Å². The van der Waals surface area contributed by atoms with Crippen molar-refractivity contribution in [3.63, 3.8) is 0 Å². The highest BCUT2D eigenvalue weighted by Gasteiger charge is 1.97. The van der Waals surface area contributed by atoms with Gasteiger partial charge < -0.3 is 5.32 Å². The summed E-state index contributed by atoms with van der Waals surface area (Å²) in [6, 6.07) is 18.2. The Morgan fingerprint density at radius 3 is 2.33 bits per heavy atom. The molecule has 0 aliphatic carbocycles. The topological polar surface area (TPSA) is 12.0 Å². The van der Waals surface area contributed by atoms with E-state index < -0.39 is 0 Å². The van der Waals surface area contributed by atoms with Gasteiger partial charge in [-0.1, -0.05) is 46.0 Å². The van der Waals surface area contributed by atoms with Gasteiger partial charge in [0.15, 0.2) is 0 Å². The fourth-order valence-electron chi connectivity index (χ4n) is 1.55. The molecule has 0 amide bonds. The van der Waals surface area contributed by atoms with Crippen LogP contribution >= 0.6 is 15.9 Å². The Bertz CT molecular complexity index is 549. The Balaban J connectivity index is 1.99. The lowest BCUT2D eigenvalue weighted by atomic mass is 10.2. The molecule has 0 fully saturated rings. The summed E-state index contributed by atoms with van der Waals surface area (Å²) in [5, 5.41) is 3.34. The largest absolute Gasteiger partial charge is 0.372 e. The standard InChI is InChI=1S/C16H14BrN/c1-13(7-8-14-5-3-2-4-6-14)18-16-11-9-15(17)10-12-16/h2-6,9-13,18H,1H3/t13-/m1/s1. The lowest BCUT2D eigenvalue weighted by Crippen LogP contribution is -2.12. The maximum atomic E-state index is 3.42. The number of hydrogen-bond acceptors (Lipinski definition) is 1. The lowest BCUT2D eigenvalue weighted by molar-refractivity contribution is 1.03. The first kappa shape index (κ1) is 12.7. The van der Waals surface area contributed by atoms with Crippen LogP contribution in [0.5, 0.6) is 0 Å². The SMILES string of the molecule is C[C@H](C#Cc1ccccc1)Nc1ccc(Br)cc1. The number of hydrogen-bond donors (Lipinski definition) is 1. The molecule has 2 aromatic rings. The van der Waals surface area contributed by atoms with Gasteiger partial charge in [0.05, 0.1) is 6.04 Å². The molecular formula is C16H14BrN. The van der Waals surface area contributed by atoms with E-state index in [1.54, 1.807) is 0 Å². The van der Waals surface area contributed by atoms with Crippen molar-refractivity contribution < 1.29 is 0 Å². The highest BCUT2D eigenvalue weighted by atomic mass is 79.9. The molecule has 0 saturated heterocycles. The van der Waals surface area contributed by atoms with Gasteiger partial charge in [-0.2, -0.15) is 0 Å². The van der Waals surface area contributed by atoms with Crippen molar-refractivity contribution in [3.8, 4) is 11.8 Å². The van der Waals surface area contributed by atoms with Crippen LogP contribution in [0.1, 0.15) is 12.5 Å². The molecule has 0 unspecified atom stereocenters. The van der Waals surface area contributed by atoms with E-state index in [0.717, 1.165) is 15.7 Å². The van der Waals surface area contributed by atoms with Crippen molar-refractivity contribution in [2.75, 3.05) is 5.32 Å². The molecule has 0 spiro atoms. The Hall–Kier alpha value is -1.72. The fourth-order valence-corrected chi connectivity index (χ4v) is 1.81. The Labute approximate surface area is 116 Å². The zero-order valence-electron chi connectivity index (χ0n) is 10.2. The molecule has 1 N–H and O–H groups in total. The number of anilines is 1. The van der Waals surface area contributed by atoms with Crippen LogP contribution in [0.3, 0.4) is 0 Å². The third kappa shape index (κ3) is 3.94. The molecule has 0 aromatic heterocycles. The number of benzene rings is 2. The molecule has 0 heterocycles. The van der Waals surface area contributed by atoms with Gasteiger partial charge in [-0.05, 0) is 43.3 Å². The molecule has 0 saturated carbocycles. The predicted molar refractivity (Wildman–Crippen MR) is 80.5 cm³/mol. The summed E-state index contributed by atoms with van der Waals surface area (Å²) in [6.45, 7) is 2.05. The van der Waals surface area contributed by atoms with Gasteiger partial charge in [0.2, 0.25) is 0 Å². The quantitative estimate of drug-likeness (QED) is 0.815. The summed E-state index contributed by atoms with van der Waals surface area (Å²) in [4.78, 5) is 0. The molecule has 90 valence electrons. The summed E-state index contributed by atoms with van der Waals surface area (Å²) in [7, 11) is 0. The van der Waals surface area contributed by atoms with Gasteiger partial charge in [0, 0.05) is 15.7 Å². The Morgan fingerprint density at radius 1 is 1.00 bits per heavy atom. The van der Waals surface area contributed by atoms with Crippen molar-refractivity contribution in [3.05, 3.63) is 64.6 Å². The average molecular weight is 300 g/mol. The van der Waals surface area contributed by atoms with E-state index in [4.69, 9.17) is 0 Å². The summed E-state index contributed by atoms with van der Waals surface area (Å²) in [6.07, 6.45) is 0. The zero-order valence-corrected chi connectivity index (χ0v) is 11.7. The summed E-state index contributed by atoms with van der Waals surface area (Å²) in [5.41, 5.74) is 2.12. The molecule has 0 bridgehead atoms. The number of rotatable bonds is 2. The van der Waals surface area contributed by atoms with Crippen LogP contribution in [-0.4, -0.2) is 6.04 Å². The van der Waals surface area contributed by atoms with E-state index >= 15 is 0 Å². The van der Waals surface area contributed by atoms with E-state index in [1.165, 1.54) is 0 Å². The van der Waals surface area contributed by atoms with E-state index in [-0.39, 0.29) is 6.04 Å². The molecule has 0 radical (unpaired) electrons. The number of nitrogens with one attached hydrogen (secondary N) is 1. The van der Waals surface area contributed by atoms with Gasteiger partial charge in [-0.3, -0.25) is 0 Å². The zero-order chi connectivity index (χ0) is 12.8. The highest BCUT2D eigenvalue weighted by Crippen LogP contribution is 2.14. The minimum Gasteiger partial charge on any atom is -0.372 e. The fraction of sp³-hybridized carbons (Fsp3) is 0.125. The third-order valence-corrected chi connectivity index (χ3v) is 2.96. The lowest BCUT2D eigenvalue weighted by Gasteiger charge is -2.08. The van der Waals surface area contributed by atoms with Gasteiger partial charge in [-0.25, -0.2) is 0 Å². The maximum absolute atomic E-state index is 3.42. The van der Waals surface area contributed by atoms with Crippen LogP contribution in [-0.2, 0) is 0 Å². The maximum Gasteiger partial charge on any atom is 0.0852 e. The smallest absolute Gasteiger partial charge is 0.0852 e. The van der Waals surface area contributed by atoms with E-state index in [0.29, 0.717) is 0 Å². The van der Waals surface area contributed by atoms with Crippen LogP contribution in [0.4, 0.5) is 5.69 Å². The average Bonchev–Trinajstić information content (AvgIpc) is 2.40. The van der Waals surface area contributed by atoms with E-state index in [2.05, 4.69) is 40.0 Å². The highest BCUT2D eigenvalue weighted by molar-refractivity contribution is 9.10. The molecule has 2 rings (SSSR count). The molecule has 2 aromatic carbocycles. The summed E-state index contributed by atoms with van der Waals surface area (Å²) < 4.78 is 1.08. The molecule has 2 heteroatoms. The van der Waals surface area contributed by atoms with Crippen LogP contribution in [0, 0.1) is 11.8 Å². The second kappa shape index (κ2) is 6.28. The normalized spacial score (nSPS) is 11.2. The molecule has 18 heavy (non-hydrogen) atoms. The van der Waals surface area contributed by atoms with Gasteiger partial charge in [-0.15, -0.1) is 0 Å². The Morgan fingerprint density at radius 2 is 1.67 bits per heavy atom. The molecule has 1 atom stereocenters. The van der Waals surface area contributed by atoms with Crippen LogP contribution in [0.25, 0.3) is 0 Å². The number of halogens is 1. The predicted octanol–water partition coefficient (Wildman–Crippen LogP) is 4.30. The Kier molecular flexibility index (Phi) is 4.44. The first-order valence-corrected chi connectivity index (χ1v) is 6.62. The monoisotopic (exact) mass is 299 g/mol. The first-order valence-electron chi connectivity index (χ1n) is 5.83. The van der Waals surface area contributed by atoms with Crippen molar-refractivity contribution in [1.82, 2.24) is 0 Å². The van der Waals surface area contributed by atoms with Gasteiger partial charge in [0.1, 0.15) is 0 Å². The van der Waals surface area contributed by atoms with Crippen LogP contribution in [0.15, 0.2) is 59.1 Å². The molecule has 0 aliphatic rings. The molecule has 0 aliphatic heterocycles. The second-order valence-corrected chi connectivity index (χ2v) is 4.92. The van der Waals surface area contributed by atoms with Gasteiger partial charge in [0.25, 0.3) is 0 Å². The van der Waals surface area contributed by atoms with E-state index in [1.807, 2.05) is 54.6 Å². The van der Waals surface area contributed by atoms with Crippen molar-refractivity contribution in [1.29, 1.82) is 0 Å². The summed E-state index contributed by atoms with van der Waals surface area (Å²) in [5.74, 6) is 6.34. The minimum absolute atomic E-state index is 0.117.